The molecule has 2 atom stereocenters. The van der Waals surface area contributed by atoms with E-state index in [1.165, 1.54) is 30.9 Å². The van der Waals surface area contributed by atoms with Gasteiger partial charge in [-0.25, -0.2) is 4.79 Å². The summed E-state index contributed by atoms with van der Waals surface area (Å²) in [5, 5.41) is 21.4. The van der Waals surface area contributed by atoms with Gasteiger partial charge < -0.3 is 20.4 Å². The van der Waals surface area contributed by atoms with Crippen molar-refractivity contribution in [2.75, 3.05) is 0 Å². The molecule has 1 aromatic carbocycles. The summed E-state index contributed by atoms with van der Waals surface area (Å²) in [5.41, 5.74) is 1.50. The van der Waals surface area contributed by atoms with E-state index < -0.39 is 24.0 Å². The van der Waals surface area contributed by atoms with E-state index in [4.69, 9.17) is 0 Å². The number of carboxylic acids is 1. The van der Waals surface area contributed by atoms with Crippen LogP contribution < -0.4 is 5.32 Å². The smallest absolute Gasteiger partial charge is 0.326 e. The fourth-order valence-electron chi connectivity index (χ4n) is 2.64. The van der Waals surface area contributed by atoms with Crippen molar-refractivity contribution in [3.05, 3.63) is 29.3 Å². The third-order valence-corrected chi connectivity index (χ3v) is 3.68. The number of carbonyl (C=O) groups is 3. The minimum Gasteiger partial charge on any atom is -0.508 e. The molecule has 7 heteroatoms. The summed E-state index contributed by atoms with van der Waals surface area (Å²) in [6, 6.07) is 2.89. The first kappa shape index (κ1) is 15.8. The highest BCUT2D eigenvalue weighted by Gasteiger charge is 2.36. The highest BCUT2D eigenvalue weighted by atomic mass is 16.4. The van der Waals surface area contributed by atoms with Gasteiger partial charge in [-0.3, -0.25) is 9.59 Å². The van der Waals surface area contributed by atoms with Gasteiger partial charge in [-0.05, 0) is 30.2 Å². The number of nitrogens with zero attached hydrogens (tertiary/aromatic N) is 1. The number of phenols is 1. The minimum atomic E-state index is -1.10. The van der Waals surface area contributed by atoms with Gasteiger partial charge in [0.2, 0.25) is 11.8 Å². The van der Waals surface area contributed by atoms with Crippen LogP contribution in [0.25, 0.3) is 0 Å². The van der Waals surface area contributed by atoms with Gasteiger partial charge in [0.15, 0.2) is 0 Å². The zero-order valence-corrected chi connectivity index (χ0v) is 12.4. The zero-order chi connectivity index (χ0) is 16.4. The fourth-order valence-corrected chi connectivity index (χ4v) is 2.64. The number of aliphatic carboxylic acids is 1. The number of aromatic hydroxyl groups is 1. The molecule has 1 aromatic rings. The second-order valence-electron chi connectivity index (χ2n) is 5.40. The molecule has 1 aliphatic heterocycles. The second-order valence-corrected chi connectivity index (χ2v) is 5.40. The number of nitrogens with one attached hydrogen (secondary N) is 1. The Morgan fingerprint density at radius 2 is 2.00 bits per heavy atom. The summed E-state index contributed by atoms with van der Waals surface area (Å²) in [7, 11) is 0. The molecule has 2 rings (SSSR count). The molecule has 0 radical (unpaired) electrons. The van der Waals surface area contributed by atoms with E-state index in [0.717, 1.165) is 5.56 Å². The first-order valence-electron chi connectivity index (χ1n) is 6.90. The number of carbonyl (C=O) groups excluding carboxylic acids is 2. The van der Waals surface area contributed by atoms with Gasteiger partial charge in [-0.15, -0.1) is 0 Å². The summed E-state index contributed by atoms with van der Waals surface area (Å²) in [5.74, 6) is -1.85. The topological polar surface area (TPSA) is 107 Å². The molecule has 7 nitrogen and oxygen atoms in total. The third kappa shape index (κ3) is 3.19. The lowest BCUT2D eigenvalue weighted by Crippen LogP contribution is -2.54. The number of carboxylic acid groups (broad SMARTS) is 1. The van der Waals surface area contributed by atoms with Crippen LogP contribution in [0.3, 0.4) is 0 Å². The summed E-state index contributed by atoms with van der Waals surface area (Å²) < 4.78 is 0. The maximum absolute atomic E-state index is 12.4. The maximum atomic E-state index is 12.4. The summed E-state index contributed by atoms with van der Waals surface area (Å²) in [6.45, 7) is 2.89. The van der Waals surface area contributed by atoms with E-state index in [0.29, 0.717) is 5.56 Å². The van der Waals surface area contributed by atoms with Gasteiger partial charge in [0, 0.05) is 19.9 Å². The number of benzene rings is 1. The Hall–Kier alpha value is -2.57. The molecule has 0 aromatic heterocycles. The molecule has 1 heterocycles. The molecule has 3 N–H and O–H groups in total. The number of hydrogen-bond donors (Lipinski definition) is 3. The molecule has 0 fully saturated rings. The van der Waals surface area contributed by atoms with Crippen molar-refractivity contribution in [1.29, 1.82) is 0 Å². The Balaban J connectivity index is 2.30. The molecule has 0 aliphatic carbocycles. The number of fused-ring (bicyclic) bond motifs is 1. The molecule has 22 heavy (non-hydrogen) atoms. The first-order chi connectivity index (χ1) is 10.3. The molecule has 0 bridgehead atoms. The molecule has 0 saturated heterocycles. The largest absolute Gasteiger partial charge is 0.508 e. The van der Waals surface area contributed by atoms with Crippen LogP contribution in [0, 0.1) is 0 Å². The van der Waals surface area contributed by atoms with Gasteiger partial charge in [-0.1, -0.05) is 6.07 Å². The Morgan fingerprint density at radius 3 is 2.59 bits per heavy atom. The SMILES string of the molecule is CC(=O)N[C@@H](C)C(=O)N1Cc2cc(O)ccc2C[C@H]1C(=O)O. The molecule has 118 valence electrons. The van der Waals surface area contributed by atoms with E-state index in [9.17, 15) is 24.6 Å². The zero-order valence-electron chi connectivity index (χ0n) is 12.4. The third-order valence-electron chi connectivity index (χ3n) is 3.68. The number of amides is 2. The Kier molecular flexibility index (Phi) is 4.35. The monoisotopic (exact) mass is 306 g/mol. The number of hydrogen-bond acceptors (Lipinski definition) is 4. The molecular formula is C15H18N2O5. The lowest BCUT2D eigenvalue weighted by molar-refractivity contribution is -0.152. The second kappa shape index (κ2) is 6.05. The van der Waals surface area contributed by atoms with Crippen LogP contribution in [-0.4, -0.2) is 45.0 Å². The number of rotatable bonds is 3. The molecule has 1 aliphatic rings. The normalized spacial score (nSPS) is 18.3. The van der Waals surface area contributed by atoms with E-state index >= 15 is 0 Å². The van der Waals surface area contributed by atoms with Crippen LogP contribution in [0.2, 0.25) is 0 Å². The van der Waals surface area contributed by atoms with Crippen molar-refractivity contribution in [2.45, 2.75) is 38.9 Å². The van der Waals surface area contributed by atoms with E-state index in [1.54, 1.807) is 6.07 Å². The van der Waals surface area contributed by atoms with Crippen molar-refractivity contribution in [3.8, 4) is 5.75 Å². The van der Waals surface area contributed by atoms with Crippen molar-refractivity contribution >= 4 is 17.8 Å². The van der Waals surface area contributed by atoms with Crippen LogP contribution in [0.15, 0.2) is 18.2 Å². The molecule has 0 unspecified atom stereocenters. The van der Waals surface area contributed by atoms with Crippen LogP contribution in [0.5, 0.6) is 5.75 Å². The summed E-state index contributed by atoms with van der Waals surface area (Å²) in [6.07, 6.45) is 0.170. The molecular weight excluding hydrogens is 288 g/mol. The van der Waals surface area contributed by atoms with Crippen molar-refractivity contribution in [3.63, 3.8) is 0 Å². The van der Waals surface area contributed by atoms with Crippen LogP contribution in [0.4, 0.5) is 0 Å². The van der Waals surface area contributed by atoms with Gasteiger partial charge in [0.1, 0.15) is 17.8 Å². The van der Waals surface area contributed by atoms with Crippen molar-refractivity contribution in [2.24, 2.45) is 0 Å². The van der Waals surface area contributed by atoms with Gasteiger partial charge in [0.25, 0.3) is 0 Å². The molecule has 2 amide bonds. The average molecular weight is 306 g/mol. The van der Waals surface area contributed by atoms with Crippen LogP contribution in [0.1, 0.15) is 25.0 Å². The van der Waals surface area contributed by atoms with E-state index in [1.807, 2.05) is 0 Å². The van der Waals surface area contributed by atoms with Gasteiger partial charge >= 0.3 is 5.97 Å². The molecule has 0 spiro atoms. The highest BCUT2D eigenvalue weighted by molar-refractivity contribution is 5.90. The summed E-state index contributed by atoms with van der Waals surface area (Å²) in [4.78, 5) is 36.2. The minimum absolute atomic E-state index is 0.0647. The van der Waals surface area contributed by atoms with E-state index in [2.05, 4.69) is 5.32 Å². The Labute approximate surface area is 127 Å². The van der Waals surface area contributed by atoms with Crippen LogP contribution in [-0.2, 0) is 27.3 Å². The maximum Gasteiger partial charge on any atom is 0.326 e. The Bertz CT molecular complexity index is 628. The lowest BCUT2D eigenvalue weighted by atomic mass is 9.93. The Morgan fingerprint density at radius 1 is 1.32 bits per heavy atom. The predicted octanol–water partition coefficient (Wildman–Crippen LogP) is 0.255. The van der Waals surface area contributed by atoms with Crippen molar-refractivity contribution in [1.82, 2.24) is 10.2 Å². The van der Waals surface area contributed by atoms with E-state index in [-0.39, 0.29) is 24.6 Å². The van der Waals surface area contributed by atoms with Crippen molar-refractivity contribution < 1.29 is 24.6 Å². The lowest BCUT2D eigenvalue weighted by Gasteiger charge is -2.36. The first-order valence-corrected chi connectivity index (χ1v) is 6.90. The average Bonchev–Trinajstić information content (AvgIpc) is 2.44. The highest BCUT2D eigenvalue weighted by Crippen LogP contribution is 2.27. The fraction of sp³-hybridized carbons (Fsp3) is 0.400. The number of phenolic OH excluding ortho intramolecular Hbond substituents is 1. The summed E-state index contributed by atoms with van der Waals surface area (Å²) >= 11 is 0. The standard InChI is InChI=1S/C15H18N2O5/c1-8(16-9(2)18)14(20)17-7-11-5-12(19)4-3-10(11)6-13(17)15(21)22/h3-5,8,13,19H,6-7H2,1-2H3,(H,16,18)(H,21,22)/t8-,13-/m0/s1. The van der Waals surface area contributed by atoms with Crippen LogP contribution >= 0.6 is 0 Å². The van der Waals surface area contributed by atoms with Gasteiger partial charge in [-0.2, -0.15) is 0 Å². The quantitative estimate of drug-likeness (QED) is 0.742. The van der Waals surface area contributed by atoms with Gasteiger partial charge in [0.05, 0.1) is 0 Å². The predicted molar refractivity (Wildman–Crippen MR) is 77.1 cm³/mol. The molecule has 0 saturated carbocycles.